The highest BCUT2D eigenvalue weighted by Crippen LogP contribution is 2.09. The molecule has 0 spiro atoms. The molecule has 0 aliphatic carbocycles. The van der Waals surface area contributed by atoms with Gasteiger partial charge in [-0.3, -0.25) is 4.72 Å². The summed E-state index contributed by atoms with van der Waals surface area (Å²) in [6.45, 7) is 3.71. The Bertz CT molecular complexity index is 392. The summed E-state index contributed by atoms with van der Waals surface area (Å²) in [6, 6.07) is 3.57. The van der Waals surface area contributed by atoms with Crippen LogP contribution >= 0.6 is 0 Å². The summed E-state index contributed by atoms with van der Waals surface area (Å²) < 4.78 is 24.1. The van der Waals surface area contributed by atoms with Crippen LogP contribution in [0.5, 0.6) is 0 Å². The highest BCUT2D eigenvalue weighted by Gasteiger charge is 2.03. The third kappa shape index (κ3) is 3.42. The zero-order valence-corrected chi connectivity index (χ0v) is 8.64. The lowest BCUT2D eigenvalue weighted by Gasteiger charge is -2.04. The molecule has 0 radical (unpaired) electrons. The summed E-state index contributed by atoms with van der Waals surface area (Å²) in [5.74, 6) is 0.375. The molecule has 1 rings (SSSR count). The fourth-order valence-corrected chi connectivity index (χ4v) is 1.57. The van der Waals surface area contributed by atoms with E-state index in [1.54, 1.807) is 6.07 Å². The molecule has 1 aromatic rings. The second-order valence-electron chi connectivity index (χ2n) is 3.05. The van der Waals surface area contributed by atoms with E-state index < -0.39 is 10.0 Å². The summed E-state index contributed by atoms with van der Waals surface area (Å²) in [7, 11) is -3.22. The van der Waals surface area contributed by atoms with E-state index >= 15 is 0 Å². The minimum Gasteiger partial charge on any atom is -0.268 e. The monoisotopic (exact) mass is 200 g/mol. The van der Waals surface area contributed by atoms with Gasteiger partial charge in [-0.25, -0.2) is 13.4 Å². The van der Waals surface area contributed by atoms with E-state index in [0.29, 0.717) is 5.82 Å². The number of aryl methyl sites for hydroxylation is 2. The zero-order chi connectivity index (χ0) is 10.1. The molecule has 0 aliphatic rings. The molecule has 0 amide bonds. The largest absolute Gasteiger partial charge is 0.268 e. The summed E-state index contributed by atoms with van der Waals surface area (Å²) in [4.78, 5) is 4.03. The Kier molecular flexibility index (Phi) is 2.56. The first kappa shape index (κ1) is 9.98. The molecule has 1 aromatic heterocycles. The predicted molar refractivity (Wildman–Crippen MR) is 52.2 cm³/mol. The van der Waals surface area contributed by atoms with Crippen LogP contribution in [0.15, 0.2) is 12.1 Å². The molecule has 0 bridgehead atoms. The van der Waals surface area contributed by atoms with Crippen molar-refractivity contribution in [2.75, 3.05) is 11.0 Å². The van der Waals surface area contributed by atoms with Gasteiger partial charge in [0, 0.05) is 5.69 Å². The van der Waals surface area contributed by atoms with E-state index in [9.17, 15) is 8.42 Å². The second-order valence-corrected chi connectivity index (χ2v) is 4.79. The van der Waals surface area contributed by atoms with Gasteiger partial charge in [0.25, 0.3) is 0 Å². The third-order valence-electron chi connectivity index (χ3n) is 1.39. The molecule has 5 heteroatoms. The Hall–Kier alpha value is -1.10. The van der Waals surface area contributed by atoms with Crippen LogP contribution in [0.1, 0.15) is 11.3 Å². The van der Waals surface area contributed by atoms with Crippen LogP contribution in [0.4, 0.5) is 5.82 Å². The maximum absolute atomic E-state index is 10.9. The molecule has 0 aliphatic heterocycles. The fourth-order valence-electron chi connectivity index (χ4n) is 1.08. The zero-order valence-electron chi connectivity index (χ0n) is 7.83. The molecule has 13 heavy (non-hydrogen) atoms. The van der Waals surface area contributed by atoms with Crippen LogP contribution in [-0.4, -0.2) is 19.7 Å². The molecule has 0 saturated carbocycles. The van der Waals surface area contributed by atoms with Gasteiger partial charge >= 0.3 is 0 Å². The standard InChI is InChI=1S/C8H12N2O2S/c1-6-4-7(2)9-8(5-6)10-13(3,11)12/h4-5H,1-3H3,(H,9,10). The molecule has 4 nitrogen and oxygen atoms in total. The van der Waals surface area contributed by atoms with Gasteiger partial charge in [-0.05, 0) is 31.5 Å². The highest BCUT2D eigenvalue weighted by atomic mass is 32.2. The first-order chi connectivity index (χ1) is 5.87. The Balaban J connectivity index is 3.03. The summed E-state index contributed by atoms with van der Waals surface area (Å²) in [5.41, 5.74) is 1.78. The molecule has 1 N–H and O–H groups in total. The lowest BCUT2D eigenvalue weighted by atomic mass is 10.2. The number of pyridine rings is 1. The lowest BCUT2D eigenvalue weighted by Crippen LogP contribution is -2.11. The Morgan fingerprint density at radius 1 is 1.31 bits per heavy atom. The van der Waals surface area contributed by atoms with Crippen LogP contribution in [-0.2, 0) is 10.0 Å². The van der Waals surface area contributed by atoms with Crippen molar-refractivity contribution in [2.45, 2.75) is 13.8 Å². The summed E-state index contributed by atoms with van der Waals surface area (Å²) in [6.07, 6.45) is 1.10. The van der Waals surface area contributed by atoms with Crippen molar-refractivity contribution in [3.63, 3.8) is 0 Å². The van der Waals surface area contributed by atoms with Gasteiger partial charge in [-0.1, -0.05) is 0 Å². The average Bonchev–Trinajstić information content (AvgIpc) is 1.78. The molecule has 0 fully saturated rings. The van der Waals surface area contributed by atoms with Crippen molar-refractivity contribution >= 4 is 15.8 Å². The van der Waals surface area contributed by atoms with Gasteiger partial charge in [0.05, 0.1) is 6.26 Å². The van der Waals surface area contributed by atoms with E-state index in [4.69, 9.17) is 0 Å². The highest BCUT2D eigenvalue weighted by molar-refractivity contribution is 7.92. The van der Waals surface area contributed by atoms with Gasteiger partial charge in [-0.2, -0.15) is 0 Å². The first-order valence-corrected chi connectivity index (χ1v) is 5.69. The van der Waals surface area contributed by atoms with E-state index in [1.165, 1.54) is 0 Å². The number of anilines is 1. The van der Waals surface area contributed by atoms with Crippen LogP contribution < -0.4 is 4.72 Å². The van der Waals surface area contributed by atoms with Crippen molar-refractivity contribution in [2.24, 2.45) is 0 Å². The number of aromatic nitrogens is 1. The minimum absolute atomic E-state index is 0.375. The molecule has 1 heterocycles. The number of sulfonamides is 1. The topological polar surface area (TPSA) is 59.1 Å². The Morgan fingerprint density at radius 2 is 1.92 bits per heavy atom. The maximum atomic E-state index is 10.9. The van der Waals surface area contributed by atoms with Crippen LogP contribution in [0.3, 0.4) is 0 Å². The summed E-state index contributed by atoms with van der Waals surface area (Å²) in [5, 5.41) is 0. The van der Waals surface area contributed by atoms with Crippen molar-refractivity contribution in [3.05, 3.63) is 23.4 Å². The molecule has 72 valence electrons. The van der Waals surface area contributed by atoms with Crippen molar-refractivity contribution in [1.82, 2.24) is 4.98 Å². The molecular formula is C8H12N2O2S. The Labute approximate surface area is 78.1 Å². The number of rotatable bonds is 2. The quantitative estimate of drug-likeness (QED) is 0.776. The van der Waals surface area contributed by atoms with Crippen molar-refractivity contribution in [3.8, 4) is 0 Å². The van der Waals surface area contributed by atoms with Gasteiger partial charge in [0.15, 0.2) is 0 Å². The van der Waals surface area contributed by atoms with E-state index in [-0.39, 0.29) is 0 Å². The molecule has 0 saturated heterocycles. The third-order valence-corrected chi connectivity index (χ3v) is 1.97. The normalized spacial score (nSPS) is 11.3. The SMILES string of the molecule is Cc1cc(C)nc(NS(C)(=O)=O)c1. The maximum Gasteiger partial charge on any atom is 0.230 e. The smallest absolute Gasteiger partial charge is 0.230 e. The predicted octanol–water partition coefficient (Wildman–Crippen LogP) is 1.07. The van der Waals surface area contributed by atoms with Crippen LogP contribution in [0.25, 0.3) is 0 Å². The number of nitrogens with zero attached hydrogens (tertiary/aromatic N) is 1. The molecule has 0 unspecified atom stereocenters. The second kappa shape index (κ2) is 3.33. The number of hydrogen-bond acceptors (Lipinski definition) is 3. The molecule has 0 aromatic carbocycles. The van der Waals surface area contributed by atoms with Crippen molar-refractivity contribution < 1.29 is 8.42 Å². The minimum atomic E-state index is -3.22. The van der Waals surface area contributed by atoms with E-state index in [2.05, 4.69) is 9.71 Å². The van der Waals surface area contributed by atoms with Gasteiger partial charge in [-0.15, -0.1) is 0 Å². The van der Waals surface area contributed by atoms with Gasteiger partial charge in [0.2, 0.25) is 10.0 Å². The number of nitrogens with one attached hydrogen (secondary N) is 1. The van der Waals surface area contributed by atoms with E-state index in [1.807, 2.05) is 19.9 Å². The van der Waals surface area contributed by atoms with Crippen LogP contribution in [0.2, 0.25) is 0 Å². The van der Waals surface area contributed by atoms with E-state index in [0.717, 1.165) is 17.5 Å². The lowest BCUT2D eigenvalue weighted by molar-refractivity contribution is 0.606. The average molecular weight is 200 g/mol. The summed E-state index contributed by atoms with van der Waals surface area (Å²) >= 11 is 0. The fraction of sp³-hybridized carbons (Fsp3) is 0.375. The van der Waals surface area contributed by atoms with Gasteiger partial charge in [0.1, 0.15) is 5.82 Å². The number of hydrogen-bond donors (Lipinski definition) is 1. The Morgan fingerprint density at radius 3 is 2.38 bits per heavy atom. The first-order valence-electron chi connectivity index (χ1n) is 3.80. The molecule has 0 atom stereocenters. The molecular weight excluding hydrogens is 188 g/mol. The van der Waals surface area contributed by atoms with Crippen molar-refractivity contribution in [1.29, 1.82) is 0 Å². The van der Waals surface area contributed by atoms with Gasteiger partial charge < -0.3 is 0 Å². The van der Waals surface area contributed by atoms with Crippen LogP contribution in [0, 0.1) is 13.8 Å².